The number of pyridine rings is 1. The number of carbonyl (C=O) groups excluding carboxylic acids is 2. The minimum Gasteiger partial charge on any atom is -0.477 e. The number of amides is 2. The summed E-state index contributed by atoms with van der Waals surface area (Å²) in [6.07, 6.45) is 0.694. The van der Waals surface area contributed by atoms with Gasteiger partial charge in [0.1, 0.15) is 18.9 Å². The van der Waals surface area contributed by atoms with Crippen LogP contribution in [0.4, 0.5) is 10.5 Å². The monoisotopic (exact) mass is 461 g/mol. The van der Waals surface area contributed by atoms with E-state index < -0.39 is 18.0 Å². The minimum atomic E-state index is -1.15. The zero-order valence-corrected chi connectivity index (χ0v) is 18.2. The first kappa shape index (κ1) is 22.9. The van der Waals surface area contributed by atoms with E-state index in [1.165, 1.54) is 18.3 Å². The first-order valence-corrected chi connectivity index (χ1v) is 10.7. The van der Waals surface area contributed by atoms with Gasteiger partial charge in [0, 0.05) is 12.5 Å². The molecule has 9 heteroatoms. The molecule has 0 unspecified atom stereocenters. The van der Waals surface area contributed by atoms with Gasteiger partial charge in [-0.1, -0.05) is 48.5 Å². The molecule has 34 heavy (non-hydrogen) atoms. The molecule has 1 aliphatic carbocycles. The zero-order valence-electron chi connectivity index (χ0n) is 18.2. The lowest BCUT2D eigenvalue weighted by Crippen LogP contribution is -2.30. The number of benzene rings is 2. The van der Waals surface area contributed by atoms with Crippen molar-refractivity contribution in [1.29, 1.82) is 0 Å². The van der Waals surface area contributed by atoms with Crippen LogP contribution in [-0.2, 0) is 14.3 Å². The second-order valence-corrected chi connectivity index (χ2v) is 7.59. The second-order valence-electron chi connectivity index (χ2n) is 7.59. The molecule has 0 saturated carbocycles. The van der Waals surface area contributed by atoms with Gasteiger partial charge >= 0.3 is 12.1 Å². The Morgan fingerprint density at radius 2 is 1.62 bits per heavy atom. The smallest absolute Gasteiger partial charge is 0.407 e. The third kappa shape index (κ3) is 5.38. The van der Waals surface area contributed by atoms with Gasteiger partial charge in [0.2, 0.25) is 5.91 Å². The maximum absolute atomic E-state index is 12.1. The topological polar surface area (TPSA) is 127 Å². The van der Waals surface area contributed by atoms with E-state index >= 15 is 0 Å². The highest BCUT2D eigenvalue weighted by Crippen LogP contribution is 2.44. The Bertz CT molecular complexity index is 1150. The Labute approximate surface area is 195 Å². The maximum Gasteiger partial charge on any atom is 0.407 e. The molecule has 1 heterocycles. The SMILES string of the molecule is O=C(COCCNC(=O)OCC1c2ccccc2-c2ccccc21)Nc1ccc(C(=O)O)nc1. The van der Waals surface area contributed by atoms with Gasteiger partial charge in [-0.15, -0.1) is 0 Å². The van der Waals surface area contributed by atoms with Crippen molar-refractivity contribution in [3.05, 3.63) is 83.7 Å². The van der Waals surface area contributed by atoms with Crippen LogP contribution in [0.1, 0.15) is 27.5 Å². The highest BCUT2D eigenvalue weighted by molar-refractivity contribution is 5.92. The molecule has 3 aromatic rings. The Balaban J connectivity index is 1.16. The summed E-state index contributed by atoms with van der Waals surface area (Å²) in [6.45, 7) is 0.289. The van der Waals surface area contributed by atoms with Crippen LogP contribution in [0.5, 0.6) is 0 Å². The highest BCUT2D eigenvalue weighted by atomic mass is 16.5. The number of aromatic carboxylic acids is 1. The molecule has 0 spiro atoms. The summed E-state index contributed by atoms with van der Waals surface area (Å²) in [6, 6.07) is 18.9. The minimum absolute atomic E-state index is 0.0165. The summed E-state index contributed by atoms with van der Waals surface area (Å²) in [7, 11) is 0. The molecular formula is C25H23N3O6. The molecule has 2 aromatic carbocycles. The average molecular weight is 461 g/mol. The third-order valence-corrected chi connectivity index (χ3v) is 5.36. The molecule has 0 bridgehead atoms. The Hall–Kier alpha value is -4.24. The largest absolute Gasteiger partial charge is 0.477 e. The van der Waals surface area contributed by atoms with Crippen LogP contribution in [0.25, 0.3) is 11.1 Å². The van der Waals surface area contributed by atoms with Crippen molar-refractivity contribution in [2.75, 3.05) is 31.7 Å². The normalized spacial score (nSPS) is 11.9. The first-order chi connectivity index (χ1) is 16.5. The van der Waals surface area contributed by atoms with Gasteiger partial charge in [0.25, 0.3) is 0 Å². The van der Waals surface area contributed by atoms with Gasteiger partial charge in [-0.05, 0) is 34.4 Å². The molecule has 0 aliphatic heterocycles. The summed E-state index contributed by atoms with van der Waals surface area (Å²) in [4.78, 5) is 38.5. The summed E-state index contributed by atoms with van der Waals surface area (Å²) in [5.41, 5.74) is 4.83. The standard InChI is InChI=1S/C25H23N3O6/c29-23(28-16-9-10-22(24(30)31)27-13-16)15-33-12-11-26-25(32)34-14-21-19-7-3-1-5-17(19)18-6-2-4-8-20(18)21/h1-10,13,21H,11-12,14-15H2,(H,26,32)(H,28,29)(H,30,31). The van der Waals surface area contributed by atoms with Gasteiger partial charge < -0.3 is 25.2 Å². The Morgan fingerprint density at radius 3 is 2.24 bits per heavy atom. The second kappa shape index (κ2) is 10.6. The number of rotatable bonds is 9. The molecule has 9 nitrogen and oxygen atoms in total. The molecule has 0 fully saturated rings. The van der Waals surface area contributed by atoms with Crippen molar-refractivity contribution in [3.8, 4) is 11.1 Å². The van der Waals surface area contributed by atoms with E-state index in [1.807, 2.05) is 24.3 Å². The van der Waals surface area contributed by atoms with E-state index in [2.05, 4.69) is 39.9 Å². The molecule has 4 rings (SSSR count). The Kier molecular flexibility index (Phi) is 7.14. The first-order valence-electron chi connectivity index (χ1n) is 10.7. The number of carbonyl (C=O) groups is 3. The lowest BCUT2D eigenvalue weighted by atomic mass is 9.98. The number of carboxylic acid groups (broad SMARTS) is 1. The maximum atomic E-state index is 12.1. The summed E-state index contributed by atoms with van der Waals surface area (Å²) in [5, 5.41) is 14.0. The summed E-state index contributed by atoms with van der Waals surface area (Å²) < 4.78 is 10.7. The zero-order chi connectivity index (χ0) is 23.9. The fourth-order valence-electron chi connectivity index (χ4n) is 3.83. The highest BCUT2D eigenvalue weighted by Gasteiger charge is 2.28. The summed E-state index contributed by atoms with van der Waals surface area (Å²) in [5.74, 6) is -1.59. The van der Waals surface area contributed by atoms with E-state index in [-0.39, 0.29) is 38.0 Å². The van der Waals surface area contributed by atoms with Gasteiger partial charge in [-0.25, -0.2) is 14.6 Å². The molecule has 0 saturated heterocycles. The Morgan fingerprint density at radius 1 is 0.941 bits per heavy atom. The van der Waals surface area contributed by atoms with Crippen LogP contribution in [0.3, 0.4) is 0 Å². The van der Waals surface area contributed by atoms with Crippen molar-refractivity contribution in [2.24, 2.45) is 0 Å². The number of aromatic nitrogens is 1. The molecule has 3 N–H and O–H groups in total. The number of hydrogen-bond donors (Lipinski definition) is 3. The number of fused-ring (bicyclic) bond motifs is 3. The lowest BCUT2D eigenvalue weighted by Gasteiger charge is -2.14. The molecule has 0 radical (unpaired) electrons. The molecule has 174 valence electrons. The molecule has 2 amide bonds. The van der Waals surface area contributed by atoms with E-state index in [9.17, 15) is 14.4 Å². The third-order valence-electron chi connectivity index (χ3n) is 5.36. The quantitative estimate of drug-likeness (QED) is 0.417. The number of nitrogens with one attached hydrogen (secondary N) is 2. The number of anilines is 1. The predicted molar refractivity (Wildman–Crippen MR) is 124 cm³/mol. The molecule has 1 aliphatic rings. The number of alkyl carbamates (subject to hydrolysis) is 1. The van der Waals surface area contributed by atoms with Crippen LogP contribution >= 0.6 is 0 Å². The van der Waals surface area contributed by atoms with Crippen LogP contribution in [-0.4, -0.2) is 54.4 Å². The van der Waals surface area contributed by atoms with Crippen LogP contribution in [0, 0.1) is 0 Å². The van der Waals surface area contributed by atoms with E-state index in [0.29, 0.717) is 5.69 Å². The van der Waals surface area contributed by atoms with Crippen molar-refractivity contribution in [2.45, 2.75) is 5.92 Å². The van der Waals surface area contributed by atoms with Crippen LogP contribution in [0.2, 0.25) is 0 Å². The number of ether oxygens (including phenoxy) is 2. The molecule has 1 aromatic heterocycles. The molecule has 0 atom stereocenters. The van der Waals surface area contributed by atoms with Crippen molar-refractivity contribution >= 4 is 23.7 Å². The van der Waals surface area contributed by atoms with Gasteiger partial charge in [-0.3, -0.25) is 4.79 Å². The van der Waals surface area contributed by atoms with Gasteiger partial charge in [-0.2, -0.15) is 0 Å². The lowest BCUT2D eigenvalue weighted by molar-refractivity contribution is -0.120. The molecular weight excluding hydrogens is 438 g/mol. The number of carboxylic acids is 1. The van der Waals surface area contributed by atoms with Crippen molar-refractivity contribution in [3.63, 3.8) is 0 Å². The predicted octanol–water partition coefficient (Wildman–Crippen LogP) is 3.27. The van der Waals surface area contributed by atoms with Crippen molar-refractivity contribution in [1.82, 2.24) is 10.3 Å². The van der Waals surface area contributed by atoms with Crippen LogP contribution in [0.15, 0.2) is 66.9 Å². The van der Waals surface area contributed by atoms with Crippen LogP contribution < -0.4 is 10.6 Å². The van der Waals surface area contributed by atoms with Gasteiger partial charge in [0.15, 0.2) is 0 Å². The van der Waals surface area contributed by atoms with Crippen molar-refractivity contribution < 1.29 is 29.0 Å². The summed E-state index contributed by atoms with van der Waals surface area (Å²) >= 11 is 0. The van der Waals surface area contributed by atoms with E-state index in [0.717, 1.165) is 22.3 Å². The average Bonchev–Trinajstić information content (AvgIpc) is 3.16. The fraction of sp³-hybridized carbons (Fsp3) is 0.200. The van der Waals surface area contributed by atoms with E-state index in [4.69, 9.17) is 14.6 Å². The fourth-order valence-corrected chi connectivity index (χ4v) is 3.83. The van der Waals surface area contributed by atoms with E-state index in [1.54, 1.807) is 0 Å². The van der Waals surface area contributed by atoms with Gasteiger partial charge in [0.05, 0.1) is 18.5 Å². The number of nitrogens with zero attached hydrogens (tertiary/aromatic N) is 1. The number of hydrogen-bond acceptors (Lipinski definition) is 6.